The molecule has 4 heterocycles. The van der Waals surface area contributed by atoms with Crippen LogP contribution < -0.4 is 15.5 Å². The van der Waals surface area contributed by atoms with E-state index in [1.165, 1.54) is 23.8 Å². The van der Waals surface area contributed by atoms with Crippen LogP contribution in [-0.4, -0.2) is 58.5 Å². The van der Waals surface area contributed by atoms with E-state index in [1.54, 1.807) is 6.92 Å². The van der Waals surface area contributed by atoms with Crippen LogP contribution in [0.3, 0.4) is 0 Å². The SMILES string of the molecule is CC(=O)N1CC(CNc2ccc(C(C)C)c3cc(Nc4ccnc(N5CCCC(C)C5)n4)ncc23)C1. The molecule has 0 saturated carbocycles. The molecule has 1 aromatic carbocycles. The molecule has 2 aliphatic rings. The van der Waals surface area contributed by atoms with Crippen molar-refractivity contribution >= 4 is 40.0 Å². The van der Waals surface area contributed by atoms with Crippen LogP contribution in [0, 0.1) is 11.8 Å². The highest BCUT2D eigenvalue weighted by Crippen LogP contribution is 2.33. The number of benzene rings is 1. The Hall–Kier alpha value is -3.42. The molecule has 2 aliphatic heterocycles. The fourth-order valence-corrected chi connectivity index (χ4v) is 5.27. The molecule has 190 valence electrons. The maximum absolute atomic E-state index is 11.5. The highest BCUT2D eigenvalue weighted by atomic mass is 16.2. The molecule has 2 N–H and O–H groups in total. The first-order valence-electron chi connectivity index (χ1n) is 13.1. The van der Waals surface area contributed by atoms with E-state index in [0.29, 0.717) is 17.8 Å². The van der Waals surface area contributed by atoms with Crippen molar-refractivity contribution in [2.45, 2.75) is 46.5 Å². The van der Waals surface area contributed by atoms with E-state index < -0.39 is 0 Å². The number of anilines is 4. The topological polar surface area (TPSA) is 86.3 Å². The van der Waals surface area contributed by atoms with Gasteiger partial charge in [-0.1, -0.05) is 26.8 Å². The van der Waals surface area contributed by atoms with Gasteiger partial charge in [0.2, 0.25) is 11.9 Å². The largest absolute Gasteiger partial charge is 0.384 e. The quantitative estimate of drug-likeness (QED) is 0.484. The minimum atomic E-state index is 0.156. The number of nitrogens with one attached hydrogen (secondary N) is 2. The van der Waals surface area contributed by atoms with E-state index in [9.17, 15) is 4.79 Å². The fourth-order valence-electron chi connectivity index (χ4n) is 5.27. The van der Waals surface area contributed by atoms with Gasteiger partial charge in [-0.25, -0.2) is 9.97 Å². The van der Waals surface area contributed by atoms with Gasteiger partial charge in [-0.15, -0.1) is 0 Å². The Morgan fingerprint density at radius 1 is 1.11 bits per heavy atom. The van der Waals surface area contributed by atoms with Crippen LogP contribution in [0.2, 0.25) is 0 Å². The van der Waals surface area contributed by atoms with Gasteiger partial charge in [0.05, 0.1) is 0 Å². The van der Waals surface area contributed by atoms with E-state index >= 15 is 0 Å². The van der Waals surface area contributed by atoms with E-state index in [4.69, 9.17) is 9.97 Å². The summed E-state index contributed by atoms with van der Waals surface area (Å²) >= 11 is 0. The molecule has 1 unspecified atom stereocenters. The summed E-state index contributed by atoms with van der Waals surface area (Å²) in [5.74, 6) is 4.00. The molecule has 36 heavy (non-hydrogen) atoms. The summed E-state index contributed by atoms with van der Waals surface area (Å²) in [6, 6.07) is 8.39. The summed E-state index contributed by atoms with van der Waals surface area (Å²) in [6.07, 6.45) is 6.21. The van der Waals surface area contributed by atoms with Crippen molar-refractivity contribution in [3.05, 3.63) is 42.2 Å². The van der Waals surface area contributed by atoms with Crippen molar-refractivity contribution in [1.82, 2.24) is 19.9 Å². The molecule has 0 bridgehead atoms. The zero-order valence-electron chi connectivity index (χ0n) is 21.8. The zero-order chi connectivity index (χ0) is 25.2. The minimum absolute atomic E-state index is 0.156. The minimum Gasteiger partial charge on any atom is -0.384 e. The lowest BCUT2D eigenvalue weighted by Crippen LogP contribution is -2.51. The normalized spacial score (nSPS) is 18.4. The molecule has 0 radical (unpaired) electrons. The Morgan fingerprint density at radius 3 is 2.69 bits per heavy atom. The van der Waals surface area contributed by atoms with Crippen molar-refractivity contribution in [2.24, 2.45) is 11.8 Å². The number of amides is 1. The van der Waals surface area contributed by atoms with Crippen molar-refractivity contribution < 1.29 is 4.79 Å². The summed E-state index contributed by atoms with van der Waals surface area (Å²) in [5.41, 5.74) is 2.37. The Balaban J connectivity index is 1.35. The first kappa shape index (κ1) is 24.3. The molecule has 5 rings (SSSR count). The Labute approximate surface area is 213 Å². The van der Waals surface area contributed by atoms with Gasteiger partial charge >= 0.3 is 0 Å². The van der Waals surface area contributed by atoms with Gasteiger partial charge in [0, 0.05) is 69.0 Å². The maximum Gasteiger partial charge on any atom is 0.227 e. The lowest BCUT2D eigenvalue weighted by atomic mass is 9.95. The monoisotopic (exact) mass is 487 g/mol. The third-order valence-electron chi connectivity index (χ3n) is 7.38. The van der Waals surface area contributed by atoms with E-state index in [-0.39, 0.29) is 5.91 Å². The average Bonchev–Trinajstić information content (AvgIpc) is 2.82. The van der Waals surface area contributed by atoms with Gasteiger partial charge < -0.3 is 20.4 Å². The second-order valence-corrected chi connectivity index (χ2v) is 10.7. The fraction of sp³-hybridized carbons (Fsp3) is 0.500. The maximum atomic E-state index is 11.5. The van der Waals surface area contributed by atoms with Crippen molar-refractivity contribution in [3.63, 3.8) is 0 Å². The standard InChI is InChI=1S/C28H37N7O/c1-18(2)22-7-8-25(30-13-21-16-35(17-21)20(4)36)24-14-31-27(12-23(22)24)32-26-9-10-29-28(33-26)34-11-5-6-19(3)15-34/h7-10,12,14,18-19,21,30H,5-6,11,13,15-17H2,1-4H3,(H,29,31,32,33). The van der Waals surface area contributed by atoms with Crippen molar-refractivity contribution in [1.29, 1.82) is 0 Å². The summed E-state index contributed by atoms with van der Waals surface area (Å²) in [6.45, 7) is 12.9. The van der Waals surface area contributed by atoms with E-state index in [1.807, 2.05) is 23.4 Å². The predicted octanol–water partition coefficient (Wildman–Crippen LogP) is 5.02. The number of rotatable bonds is 7. The molecular weight excluding hydrogens is 450 g/mol. The molecule has 2 aromatic heterocycles. The molecule has 2 fully saturated rings. The number of carbonyl (C=O) groups is 1. The number of likely N-dealkylation sites (tertiary alicyclic amines) is 1. The lowest BCUT2D eigenvalue weighted by molar-refractivity contribution is -0.134. The molecule has 8 heteroatoms. The number of pyridine rings is 1. The zero-order valence-corrected chi connectivity index (χ0v) is 21.8. The Bertz CT molecular complexity index is 1240. The van der Waals surface area contributed by atoms with Crippen LogP contribution >= 0.6 is 0 Å². The third-order valence-corrected chi connectivity index (χ3v) is 7.38. The number of hydrogen-bond acceptors (Lipinski definition) is 7. The van der Waals surface area contributed by atoms with Gasteiger partial charge in [0.15, 0.2) is 0 Å². The van der Waals surface area contributed by atoms with Crippen LogP contribution in [0.15, 0.2) is 36.7 Å². The molecule has 1 amide bonds. The Kier molecular flexibility index (Phi) is 6.94. The average molecular weight is 488 g/mol. The first-order valence-corrected chi connectivity index (χ1v) is 13.1. The molecule has 0 aliphatic carbocycles. The summed E-state index contributed by atoms with van der Waals surface area (Å²) in [5, 5.41) is 9.31. The molecule has 3 aromatic rings. The number of nitrogens with zero attached hydrogens (tertiary/aromatic N) is 5. The second-order valence-electron chi connectivity index (χ2n) is 10.7. The number of fused-ring (bicyclic) bond motifs is 1. The smallest absolute Gasteiger partial charge is 0.227 e. The van der Waals surface area contributed by atoms with Gasteiger partial charge in [-0.05, 0) is 53.8 Å². The first-order chi connectivity index (χ1) is 17.4. The van der Waals surface area contributed by atoms with Crippen molar-refractivity contribution in [2.75, 3.05) is 48.3 Å². The van der Waals surface area contributed by atoms with E-state index in [0.717, 1.165) is 61.4 Å². The summed E-state index contributed by atoms with van der Waals surface area (Å²) < 4.78 is 0. The number of aromatic nitrogens is 3. The van der Waals surface area contributed by atoms with Crippen LogP contribution in [0.4, 0.5) is 23.3 Å². The molecule has 2 saturated heterocycles. The van der Waals surface area contributed by atoms with Crippen molar-refractivity contribution in [3.8, 4) is 0 Å². The highest BCUT2D eigenvalue weighted by molar-refractivity contribution is 5.97. The highest BCUT2D eigenvalue weighted by Gasteiger charge is 2.28. The van der Waals surface area contributed by atoms with Crippen LogP contribution in [-0.2, 0) is 4.79 Å². The van der Waals surface area contributed by atoms with Crippen LogP contribution in [0.1, 0.15) is 52.0 Å². The van der Waals surface area contributed by atoms with Gasteiger partial charge in [-0.2, -0.15) is 4.98 Å². The van der Waals surface area contributed by atoms with E-state index in [2.05, 4.69) is 59.5 Å². The van der Waals surface area contributed by atoms with Crippen LogP contribution in [0.25, 0.3) is 10.8 Å². The van der Waals surface area contributed by atoms with Gasteiger partial charge in [0.1, 0.15) is 11.6 Å². The van der Waals surface area contributed by atoms with Gasteiger partial charge in [0.25, 0.3) is 0 Å². The third kappa shape index (κ3) is 5.22. The Morgan fingerprint density at radius 2 is 1.94 bits per heavy atom. The summed E-state index contributed by atoms with van der Waals surface area (Å²) in [7, 11) is 0. The molecule has 1 atom stereocenters. The molecule has 0 spiro atoms. The number of carbonyl (C=O) groups excluding carboxylic acids is 1. The molecule has 8 nitrogen and oxygen atoms in total. The molecular formula is C28H37N7O. The summed E-state index contributed by atoms with van der Waals surface area (Å²) in [4.78, 5) is 29.7. The predicted molar refractivity (Wildman–Crippen MR) is 146 cm³/mol. The van der Waals surface area contributed by atoms with Gasteiger partial charge in [-0.3, -0.25) is 4.79 Å². The number of hydrogen-bond donors (Lipinski definition) is 2. The second kappa shape index (κ2) is 10.3. The lowest BCUT2D eigenvalue weighted by Gasteiger charge is -2.38. The van der Waals surface area contributed by atoms with Crippen LogP contribution in [0.5, 0.6) is 0 Å². The number of piperidine rings is 1.